The molecule has 0 spiro atoms. The van der Waals surface area contributed by atoms with Gasteiger partial charge in [0.2, 0.25) is 5.91 Å². The molecule has 1 aliphatic carbocycles. The van der Waals surface area contributed by atoms with Crippen LogP contribution in [0.3, 0.4) is 0 Å². The molecule has 1 unspecified atom stereocenters. The van der Waals surface area contributed by atoms with E-state index in [2.05, 4.69) is 22.8 Å². The van der Waals surface area contributed by atoms with E-state index in [1.807, 2.05) is 12.1 Å². The van der Waals surface area contributed by atoms with Gasteiger partial charge in [-0.25, -0.2) is 0 Å². The fourth-order valence-electron chi connectivity index (χ4n) is 3.79. The summed E-state index contributed by atoms with van der Waals surface area (Å²) in [5.41, 5.74) is 1.19. The van der Waals surface area contributed by atoms with E-state index in [4.69, 9.17) is 11.6 Å². The van der Waals surface area contributed by atoms with E-state index in [-0.39, 0.29) is 17.9 Å². The topological polar surface area (TPSA) is 41.1 Å². The molecule has 1 heterocycles. The summed E-state index contributed by atoms with van der Waals surface area (Å²) in [6.07, 6.45) is 6.86. The van der Waals surface area contributed by atoms with Crippen LogP contribution in [0.5, 0.6) is 0 Å². The van der Waals surface area contributed by atoms with Crippen molar-refractivity contribution in [3.8, 4) is 0 Å². The summed E-state index contributed by atoms with van der Waals surface area (Å²) in [4.78, 5) is 12.6. The Morgan fingerprint density at radius 3 is 2.36 bits per heavy atom. The number of nitrogens with one attached hydrogen (secondary N) is 2. The van der Waals surface area contributed by atoms with E-state index in [1.165, 1.54) is 31.2 Å². The highest BCUT2D eigenvalue weighted by Crippen LogP contribution is 2.36. The van der Waals surface area contributed by atoms with Crippen LogP contribution in [0.2, 0.25) is 5.02 Å². The van der Waals surface area contributed by atoms with Gasteiger partial charge in [0.05, 0.1) is 6.04 Å². The zero-order valence-corrected chi connectivity index (χ0v) is 13.7. The Kier molecular flexibility index (Phi) is 5.37. The third kappa shape index (κ3) is 3.82. The fraction of sp³-hybridized carbons (Fsp3) is 0.611. The second-order valence-electron chi connectivity index (χ2n) is 6.61. The maximum Gasteiger partial charge on any atom is 0.223 e. The van der Waals surface area contributed by atoms with E-state index in [1.54, 1.807) is 0 Å². The molecular weight excluding hydrogens is 296 g/mol. The van der Waals surface area contributed by atoms with Gasteiger partial charge in [-0.2, -0.15) is 0 Å². The standard InChI is InChI=1S/C18H25ClN2O/c19-16-7-5-14(6-8-16)17(13-3-1-2-4-13)21-18(22)15-9-11-20-12-10-15/h5-8,13,15,17,20H,1-4,9-12H2,(H,21,22). The van der Waals surface area contributed by atoms with Crippen molar-refractivity contribution in [2.75, 3.05) is 13.1 Å². The fourth-order valence-corrected chi connectivity index (χ4v) is 3.92. The van der Waals surface area contributed by atoms with Gasteiger partial charge < -0.3 is 10.6 Å². The van der Waals surface area contributed by atoms with Crippen molar-refractivity contribution in [1.29, 1.82) is 0 Å². The summed E-state index contributed by atoms with van der Waals surface area (Å²) in [6.45, 7) is 1.90. The van der Waals surface area contributed by atoms with Gasteiger partial charge >= 0.3 is 0 Å². The summed E-state index contributed by atoms with van der Waals surface area (Å²) in [5.74, 6) is 0.956. The van der Waals surface area contributed by atoms with Crippen molar-refractivity contribution in [1.82, 2.24) is 10.6 Å². The Morgan fingerprint density at radius 2 is 1.73 bits per heavy atom. The molecule has 120 valence electrons. The number of carbonyl (C=O) groups excluding carboxylic acids is 1. The molecule has 1 amide bonds. The molecule has 0 aromatic heterocycles. The minimum Gasteiger partial charge on any atom is -0.349 e. The third-order valence-corrected chi connectivity index (χ3v) is 5.36. The van der Waals surface area contributed by atoms with Crippen LogP contribution >= 0.6 is 11.6 Å². The lowest BCUT2D eigenvalue weighted by atomic mass is 9.90. The quantitative estimate of drug-likeness (QED) is 0.888. The molecule has 0 bridgehead atoms. The first-order valence-corrected chi connectivity index (χ1v) is 8.88. The van der Waals surface area contributed by atoms with Crippen LogP contribution < -0.4 is 10.6 Å². The van der Waals surface area contributed by atoms with Crippen LogP contribution in [-0.4, -0.2) is 19.0 Å². The van der Waals surface area contributed by atoms with E-state index < -0.39 is 0 Å². The summed E-state index contributed by atoms with van der Waals surface area (Å²) >= 11 is 6.01. The highest BCUT2D eigenvalue weighted by molar-refractivity contribution is 6.30. The normalized spacial score (nSPS) is 21.7. The zero-order chi connectivity index (χ0) is 15.4. The van der Waals surface area contributed by atoms with Crippen molar-refractivity contribution in [3.05, 3.63) is 34.9 Å². The van der Waals surface area contributed by atoms with Gasteiger partial charge in [0.1, 0.15) is 0 Å². The second-order valence-corrected chi connectivity index (χ2v) is 7.04. The number of rotatable bonds is 4. The lowest BCUT2D eigenvalue weighted by molar-refractivity contribution is -0.126. The maximum absolute atomic E-state index is 12.6. The van der Waals surface area contributed by atoms with Gasteiger partial charge in [-0.15, -0.1) is 0 Å². The Balaban J connectivity index is 1.73. The second kappa shape index (κ2) is 7.47. The molecule has 2 aliphatic rings. The predicted octanol–water partition coefficient (Wildman–Crippen LogP) is 3.69. The monoisotopic (exact) mass is 320 g/mol. The first-order chi connectivity index (χ1) is 10.7. The van der Waals surface area contributed by atoms with Crippen LogP contribution in [0, 0.1) is 11.8 Å². The third-order valence-electron chi connectivity index (χ3n) is 5.11. The highest BCUT2D eigenvalue weighted by atomic mass is 35.5. The molecule has 0 radical (unpaired) electrons. The van der Waals surface area contributed by atoms with Gasteiger partial charge in [-0.3, -0.25) is 4.79 Å². The van der Waals surface area contributed by atoms with Crippen LogP contribution in [-0.2, 0) is 4.79 Å². The van der Waals surface area contributed by atoms with Crippen molar-refractivity contribution in [2.24, 2.45) is 11.8 Å². The molecule has 1 aromatic rings. The highest BCUT2D eigenvalue weighted by Gasteiger charge is 2.30. The number of piperidine rings is 1. The number of hydrogen-bond acceptors (Lipinski definition) is 2. The number of halogens is 1. The van der Waals surface area contributed by atoms with Crippen molar-refractivity contribution >= 4 is 17.5 Å². The molecule has 1 aliphatic heterocycles. The average Bonchev–Trinajstić information content (AvgIpc) is 3.08. The van der Waals surface area contributed by atoms with Crippen molar-refractivity contribution < 1.29 is 4.79 Å². The molecule has 1 aromatic carbocycles. The maximum atomic E-state index is 12.6. The average molecular weight is 321 g/mol. The SMILES string of the molecule is O=C(NC(c1ccc(Cl)cc1)C1CCCC1)C1CCNCC1. The van der Waals surface area contributed by atoms with E-state index in [0.717, 1.165) is 31.0 Å². The van der Waals surface area contributed by atoms with Crippen LogP contribution in [0.15, 0.2) is 24.3 Å². The van der Waals surface area contributed by atoms with Gasteiger partial charge in [-0.1, -0.05) is 36.6 Å². The minimum absolute atomic E-state index is 0.141. The van der Waals surface area contributed by atoms with Gasteiger partial charge in [0.25, 0.3) is 0 Å². The van der Waals surface area contributed by atoms with E-state index in [9.17, 15) is 4.79 Å². The van der Waals surface area contributed by atoms with Gasteiger partial charge in [0, 0.05) is 10.9 Å². The molecule has 1 atom stereocenters. The summed E-state index contributed by atoms with van der Waals surface area (Å²) in [5, 5.41) is 7.42. The number of benzene rings is 1. The van der Waals surface area contributed by atoms with E-state index in [0.29, 0.717) is 5.92 Å². The predicted molar refractivity (Wildman–Crippen MR) is 89.9 cm³/mol. The number of amides is 1. The lowest BCUT2D eigenvalue weighted by Gasteiger charge is -2.29. The van der Waals surface area contributed by atoms with Crippen LogP contribution in [0.25, 0.3) is 0 Å². The zero-order valence-electron chi connectivity index (χ0n) is 13.0. The first kappa shape index (κ1) is 15.8. The lowest BCUT2D eigenvalue weighted by Crippen LogP contribution is -2.41. The van der Waals surface area contributed by atoms with Gasteiger partial charge in [-0.05, 0) is 62.4 Å². The Bertz CT molecular complexity index is 490. The van der Waals surface area contributed by atoms with E-state index >= 15 is 0 Å². The molecule has 22 heavy (non-hydrogen) atoms. The summed E-state index contributed by atoms with van der Waals surface area (Å²) in [6, 6.07) is 8.12. The minimum atomic E-state index is 0.141. The van der Waals surface area contributed by atoms with Crippen molar-refractivity contribution in [2.45, 2.75) is 44.6 Å². The van der Waals surface area contributed by atoms with Gasteiger partial charge in [0.15, 0.2) is 0 Å². The Morgan fingerprint density at radius 1 is 1.09 bits per heavy atom. The number of carbonyl (C=O) groups is 1. The molecule has 1 saturated heterocycles. The molecular formula is C18H25ClN2O. The first-order valence-electron chi connectivity index (χ1n) is 8.50. The van der Waals surface area contributed by atoms with Crippen molar-refractivity contribution in [3.63, 3.8) is 0 Å². The Hall–Kier alpha value is -1.06. The number of hydrogen-bond donors (Lipinski definition) is 2. The molecule has 1 saturated carbocycles. The summed E-state index contributed by atoms with van der Waals surface area (Å²) < 4.78 is 0. The molecule has 2 fully saturated rings. The molecule has 4 heteroatoms. The Labute approximate surface area is 137 Å². The molecule has 3 rings (SSSR count). The van der Waals surface area contributed by atoms with Crippen LogP contribution in [0.4, 0.5) is 0 Å². The summed E-state index contributed by atoms with van der Waals surface area (Å²) in [7, 11) is 0. The smallest absolute Gasteiger partial charge is 0.223 e. The molecule has 2 N–H and O–H groups in total. The van der Waals surface area contributed by atoms with Crippen LogP contribution in [0.1, 0.15) is 50.1 Å². The molecule has 3 nitrogen and oxygen atoms in total. The largest absolute Gasteiger partial charge is 0.349 e.